The van der Waals surface area contributed by atoms with Crippen molar-refractivity contribution in [2.45, 2.75) is 0 Å². The van der Waals surface area contributed by atoms with Crippen LogP contribution in [-0.4, -0.2) is 78.4 Å². The number of aryl methyl sites for hydroxylation is 3. The van der Waals surface area contributed by atoms with Gasteiger partial charge in [-0.15, -0.1) is 143 Å². The molecule has 18 nitrogen and oxygen atoms in total. The van der Waals surface area contributed by atoms with Crippen LogP contribution in [0.5, 0.6) is 0 Å². The van der Waals surface area contributed by atoms with Crippen LogP contribution in [0.15, 0.2) is 364 Å². The summed E-state index contributed by atoms with van der Waals surface area (Å²) in [7, 11) is 12.4. The number of hydrogen-bond donors (Lipinski definition) is 0. The molecule has 0 radical (unpaired) electrons. The smallest absolute Gasteiger partial charge is 0.132 e. The molecule has 0 amide bonds. The van der Waals surface area contributed by atoms with Gasteiger partial charge in [0.05, 0.1) is 50.6 Å². The van der Waals surface area contributed by atoms with Crippen LogP contribution in [0, 0.1) is 56.4 Å². The molecule has 3 aliphatic heterocycles. The molecule has 0 atom stereocenters. The van der Waals surface area contributed by atoms with Gasteiger partial charge in [-0.2, -0.15) is 38.2 Å². The molecule has 0 spiro atoms. The normalized spacial score (nSPS) is 12.7. The minimum Gasteiger partial charge on any atom is -0.504 e. The number of benzene rings is 15. The first-order valence-electron chi connectivity index (χ1n) is 44.9. The van der Waals surface area contributed by atoms with Gasteiger partial charge in [0, 0.05) is 143 Å². The van der Waals surface area contributed by atoms with Crippen LogP contribution >= 0.6 is 0 Å². The SMILES string of the molecule is CN1[CH-]N(c2[c-]c(-n3c4[c-]c(-c5nc6cc(-c7ccccc7)ccc6n5C)ccc4c4cccnc43)ccc2)c2ccccc21.CN1[CH-]N(c2[c-]c(-n3c4[c-]c(-c5nc6ccc(-c7ccccc7)cc6n5C)ccc4c4cccnc43)ccc2)c2ccccc21.CN1[CH-]N(c2[c-]c(-n3c4[c-]c(-c5nc6cccc(-c7ccccc7)c6n5C)ccc4c4cccnc43)ccc2)c2ccccc21.[Pt].[Pt].[Pt]. The molecule has 0 fully saturated rings. The zero-order valence-corrected chi connectivity index (χ0v) is 82.2. The summed E-state index contributed by atoms with van der Waals surface area (Å²) in [6.45, 7) is 6.30. The molecule has 0 saturated heterocycles. The van der Waals surface area contributed by atoms with Gasteiger partial charge < -0.3 is 56.8 Å². The molecule has 3 aliphatic rings. The predicted molar refractivity (Wildman–Crippen MR) is 548 cm³/mol. The van der Waals surface area contributed by atoms with Crippen LogP contribution in [0.25, 0.3) is 184 Å². The van der Waals surface area contributed by atoms with Gasteiger partial charge in [0.1, 0.15) is 16.9 Å². The van der Waals surface area contributed by atoms with E-state index in [2.05, 4.69) is 465 Å². The van der Waals surface area contributed by atoms with E-state index in [0.29, 0.717) is 0 Å². The Labute approximate surface area is 840 Å². The fraction of sp³-hybridized carbons (Fsp3) is 0.0513. The van der Waals surface area contributed by atoms with Gasteiger partial charge >= 0.3 is 0 Å². The van der Waals surface area contributed by atoms with Crippen molar-refractivity contribution in [1.29, 1.82) is 0 Å². The van der Waals surface area contributed by atoms with Crippen LogP contribution in [-0.2, 0) is 84.3 Å². The minimum absolute atomic E-state index is 0. The Morgan fingerprint density at radius 2 is 0.587 bits per heavy atom. The topological polar surface area (TPSA) is 126 Å². The van der Waals surface area contributed by atoms with E-state index < -0.39 is 0 Å². The van der Waals surface area contributed by atoms with Crippen molar-refractivity contribution in [3.8, 4) is 84.6 Å². The number of nitrogens with zero attached hydrogens (tertiary/aromatic N) is 18. The third kappa shape index (κ3) is 14.9. The molecule has 15 aromatic carbocycles. The number of fused-ring (bicyclic) bond motifs is 15. The van der Waals surface area contributed by atoms with Crippen molar-refractivity contribution in [1.82, 2.24) is 57.3 Å². The van der Waals surface area contributed by atoms with Crippen molar-refractivity contribution in [2.24, 2.45) is 21.1 Å². The van der Waals surface area contributed by atoms with E-state index in [1.807, 2.05) is 55.0 Å². The van der Waals surface area contributed by atoms with E-state index in [-0.39, 0.29) is 63.2 Å². The fourth-order valence-corrected chi connectivity index (χ4v) is 19.8. The second-order valence-electron chi connectivity index (χ2n) is 34.2. The third-order valence-electron chi connectivity index (χ3n) is 26.2. The minimum atomic E-state index is 0. The molecule has 138 heavy (non-hydrogen) atoms. The first kappa shape index (κ1) is 87.7. The van der Waals surface area contributed by atoms with E-state index >= 15 is 0 Å². The first-order chi connectivity index (χ1) is 66.4. The van der Waals surface area contributed by atoms with Gasteiger partial charge in [0.2, 0.25) is 0 Å². The van der Waals surface area contributed by atoms with Crippen LogP contribution in [0.2, 0.25) is 0 Å². The zero-order chi connectivity index (χ0) is 90.2. The summed E-state index contributed by atoms with van der Waals surface area (Å²) in [5.74, 6) is 2.60. The Morgan fingerprint density at radius 1 is 0.239 bits per heavy atom. The maximum atomic E-state index is 5.11. The van der Waals surface area contributed by atoms with E-state index in [1.54, 1.807) is 0 Å². The molecule has 0 bridgehead atoms. The molecule has 9 aromatic heterocycles. The van der Waals surface area contributed by atoms with Gasteiger partial charge in [0.15, 0.2) is 0 Å². The summed E-state index contributed by atoms with van der Waals surface area (Å²) < 4.78 is 13.0. The fourth-order valence-electron chi connectivity index (χ4n) is 19.8. The number of imidazole rings is 3. The number of hydrogen-bond acceptors (Lipinski definition) is 12. The Hall–Kier alpha value is -15.6. The van der Waals surface area contributed by atoms with Gasteiger partial charge in [-0.05, 0) is 167 Å². The quantitative estimate of drug-likeness (QED) is 0.108. The monoisotopic (exact) mass is 2320 g/mol. The molecule has 678 valence electrons. The zero-order valence-electron chi connectivity index (χ0n) is 75.4. The second kappa shape index (κ2) is 35.9. The molecule has 21 heteroatoms. The standard InChI is InChI=1S/3C39H27N6.3Pt/c1-42-25-44(35-19-7-6-18-34(35)42)28-13-8-14-29(24-28)45-36-23-27(20-21-31(36)32-16-10-22-40-39(32)45)38-41-33-17-9-15-30(37(33)43(38)2)26-11-4-3-5-12-26;1-42-25-44(36-16-7-6-15-35(36)42)29-12-8-13-30(24-29)45-37-23-28(17-19-31(37)32-14-9-21-40-39(32)45)38-41-33-22-27(18-20-34(33)43(38)2)26-10-4-3-5-11-26;1-42-25-44(35-16-7-6-15-34(35)42)29-12-8-13-30(24-29)45-36-23-28(17-19-31(36)32-14-9-21-40-39(32)45)38-41-33-20-18-27(22-37(33)43(38)2)26-10-4-3-5-11-26;;;/h3*3-22,25H,1-2H3;;;/q3*-3;;;. The first-order valence-corrected chi connectivity index (χ1v) is 44.9. The average molecular weight is 2320 g/mol. The predicted octanol–water partition coefficient (Wildman–Crippen LogP) is 26.1. The van der Waals surface area contributed by atoms with Crippen molar-refractivity contribution in [3.05, 3.63) is 421 Å². The van der Waals surface area contributed by atoms with Gasteiger partial charge in [-0.3, -0.25) is 15.0 Å². The molecule has 27 rings (SSSR count). The number of para-hydroxylation sites is 7. The van der Waals surface area contributed by atoms with Crippen LogP contribution in [0.1, 0.15) is 0 Å². The van der Waals surface area contributed by atoms with Crippen molar-refractivity contribution in [3.63, 3.8) is 0 Å². The maximum Gasteiger partial charge on any atom is 0.132 e. The maximum absolute atomic E-state index is 5.11. The molecular weight excluding hydrogens is 2240 g/mol. The number of rotatable bonds is 12. The van der Waals surface area contributed by atoms with Gasteiger partial charge in [-0.25, -0.2) is 15.0 Å². The summed E-state index contributed by atoms with van der Waals surface area (Å²) in [5, 5.41) is 6.48. The van der Waals surface area contributed by atoms with E-state index in [9.17, 15) is 0 Å². The van der Waals surface area contributed by atoms with Crippen molar-refractivity contribution in [2.75, 3.05) is 50.5 Å². The largest absolute Gasteiger partial charge is 0.504 e. The Morgan fingerprint density at radius 3 is 1.01 bits per heavy atom. The van der Waals surface area contributed by atoms with Crippen LogP contribution in [0.3, 0.4) is 0 Å². The summed E-state index contributed by atoms with van der Waals surface area (Å²) in [6, 6.07) is 142. The van der Waals surface area contributed by atoms with E-state index in [1.165, 1.54) is 22.3 Å². The average Bonchev–Trinajstić information content (AvgIpc) is 1.59. The third-order valence-corrected chi connectivity index (χ3v) is 26.2. The molecule has 0 N–H and O–H groups in total. The molecule has 0 unspecified atom stereocenters. The number of anilines is 9. The molecular formula is C117H81N18Pt3-9. The second-order valence-corrected chi connectivity index (χ2v) is 34.2. The number of aromatic nitrogens is 12. The van der Waals surface area contributed by atoms with Gasteiger partial charge in [0.25, 0.3) is 0 Å². The Bertz CT molecular complexity index is 8620. The summed E-state index contributed by atoms with van der Waals surface area (Å²) >= 11 is 0. The van der Waals surface area contributed by atoms with E-state index in [4.69, 9.17) is 29.9 Å². The summed E-state index contributed by atoms with van der Waals surface area (Å²) in [5.41, 5.74) is 33.7. The molecule has 0 aliphatic carbocycles. The van der Waals surface area contributed by atoms with Crippen molar-refractivity contribution >= 4 is 150 Å². The molecule has 12 heterocycles. The Kier molecular flexibility index (Phi) is 22.8. The van der Waals surface area contributed by atoms with Crippen LogP contribution < -0.4 is 29.4 Å². The summed E-state index contributed by atoms with van der Waals surface area (Å²) in [6.07, 6.45) is 5.54. The molecule has 0 saturated carbocycles. The summed E-state index contributed by atoms with van der Waals surface area (Å²) in [4.78, 5) is 42.7. The Balaban J connectivity index is 0.000000118. The van der Waals surface area contributed by atoms with Gasteiger partial charge in [-0.1, -0.05) is 203 Å². The number of pyridine rings is 3. The van der Waals surface area contributed by atoms with Crippen LogP contribution in [0.4, 0.5) is 51.2 Å². The van der Waals surface area contributed by atoms with Crippen molar-refractivity contribution < 1.29 is 63.2 Å². The van der Waals surface area contributed by atoms with E-state index in [0.717, 1.165) is 212 Å². The molecule has 24 aromatic rings.